The quantitative estimate of drug-likeness (QED) is 0.789. The van der Waals surface area contributed by atoms with E-state index in [1.54, 1.807) is 20.8 Å². The SMILES string of the molecule is CC(C)(C)N(C(=O)O)[C@H]1CSc2c(Br)cccc2NC1=O. The van der Waals surface area contributed by atoms with Crippen LogP contribution in [0.4, 0.5) is 10.5 Å². The number of anilines is 1. The fraction of sp³-hybridized carbons (Fsp3) is 0.429. The molecule has 1 atom stereocenters. The number of benzene rings is 1. The number of nitrogens with zero attached hydrogens (tertiary/aromatic N) is 1. The molecule has 1 heterocycles. The van der Waals surface area contributed by atoms with Crippen molar-refractivity contribution in [2.24, 2.45) is 0 Å². The van der Waals surface area contributed by atoms with Crippen molar-refractivity contribution in [3.8, 4) is 0 Å². The number of carboxylic acid groups (broad SMARTS) is 1. The summed E-state index contributed by atoms with van der Waals surface area (Å²) < 4.78 is 0.892. The molecule has 0 unspecified atom stereocenters. The second-order valence-electron chi connectivity index (χ2n) is 5.76. The van der Waals surface area contributed by atoms with Gasteiger partial charge in [-0.25, -0.2) is 4.79 Å². The van der Waals surface area contributed by atoms with E-state index in [-0.39, 0.29) is 5.91 Å². The predicted octanol–water partition coefficient (Wildman–Crippen LogP) is 3.64. The summed E-state index contributed by atoms with van der Waals surface area (Å²) in [6.45, 7) is 5.35. The number of carbonyl (C=O) groups is 2. The number of amides is 2. The molecule has 0 saturated heterocycles. The highest BCUT2D eigenvalue weighted by Crippen LogP contribution is 2.38. The molecular formula is C14H17BrN2O3S. The molecule has 1 aromatic carbocycles. The molecule has 7 heteroatoms. The lowest BCUT2D eigenvalue weighted by molar-refractivity contribution is -0.121. The Balaban J connectivity index is 2.36. The van der Waals surface area contributed by atoms with Crippen molar-refractivity contribution in [3.63, 3.8) is 0 Å². The Morgan fingerprint density at radius 2 is 2.14 bits per heavy atom. The third-order valence-corrected chi connectivity index (χ3v) is 5.29. The van der Waals surface area contributed by atoms with Crippen molar-refractivity contribution >= 4 is 45.4 Å². The van der Waals surface area contributed by atoms with Crippen LogP contribution in [0.3, 0.4) is 0 Å². The van der Waals surface area contributed by atoms with Crippen molar-refractivity contribution < 1.29 is 14.7 Å². The van der Waals surface area contributed by atoms with Gasteiger partial charge in [0.05, 0.1) is 5.69 Å². The number of halogens is 1. The largest absolute Gasteiger partial charge is 0.465 e. The van der Waals surface area contributed by atoms with Gasteiger partial charge in [-0.05, 0) is 48.8 Å². The first-order valence-corrected chi connectivity index (χ1v) is 8.24. The average molecular weight is 373 g/mol. The van der Waals surface area contributed by atoms with E-state index in [4.69, 9.17) is 0 Å². The Morgan fingerprint density at radius 3 is 2.71 bits per heavy atom. The molecule has 1 aromatic rings. The fourth-order valence-corrected chi connectivity index (χ4v) is 4.10. The molecule has 2 rings (SSSR count). The van der Waals surface area contributed by atoms with Gasteiger partial charge in [-0.1, -0.05) is 6.07 Å². The van der Waals surface area contributed by atoms with Crippen LogP contribution in [0.2, 0.25) is 0 Å². The molecule has 0 fully saturated rings. The molecule has 5 nitrogen and oxygen atoms in total. The van der Waals surface area contributed by atoms with Crippen LogP contribution in [0.1, 0.15) is 20.8 Å². The minimum Gasteiger partial charge on any atom is -0.465 e. The zero-order chi connectivity index (χ0) is 15.8. The summed E-state index contributed by atoms with van der Waals surface area (Å²) in [4.78, 5) is 26.1. The molecule has 21 heavy (non-hydrogen) atoms. The van der Waals surface area contributed by atoms with E-state index >= 15 is 0 Å². The summed E-state index contributed by atoms with van der Waals surface area (Å²) >= 11 is 4.93. The first-order valence-electron chi connectivity index (χ1n) is 6.46. The van der Waals surface area contributed by atoms with Gasteiger partial charge in [0.1, 0.15) is 6.04 Å². The topological polar surface area (TPSA) is 69.6 Å². The minimum absolute atomic E-state index is 0.295. The maximum absolute atomic E-state index is 12.4. The van der Waals surface area contributed by atoms with Gasteiger partial charge in [-0.2, -0.15) is 0 Å². The fourth-order valence-electron chi connectivity index (χ4n) is 2.29. The number of thioether (sulfide) groups is 1. The van der Waals surface area contributed by atoms with Crippen LogP contribution in [0, 0.1) is 0 Å². The Hall–Kier alpha value is -1.21. The van der Waals surface area contributed by atoms with Gasteiger partial charge in [0.25, 0.3) is 0 Å². The highest BCUT2D eigenvalue weighted by molar-refractivity contribution is 9.10. The van der Waals surface area contributed by atoms with Gasteiger partial charge < -0.3 is 10.4 Å². The van der Waals surface area contributed by atoms with Gasteiger partial charge >= 0.3 is 6.09 Å². The van der Waals surface area contributed by atoms with Gasteiger partial charge in [-0.3, -0.25) is 9.69 Å². The Morgan fingerprint density at radius 1 is 1.48 bits per heavy atom. The average Bonchev–Trinajstić information content (AvgIpc) is 2.48. The van der Waals surface area contributed by atoms with E-state index in [9.17, 15) is 14.7 Å². The standard InChI is InChI=1S/C14H17BrN2O3S/c1-14(2,3)17(13(19)20)10-7-21-11-8(15)5-4-6-9(11)16-12(10)18/h4-6,10H,7H2,1-3H3,(H,16,18)(H,19,20)/t10-/m0/s1. The first kappa shape index (κ1) is 16.2. The van der Waals surface area contributed by atoms with Crippen molar-refractivity contribution in [1.29, 1.82) is 0 Å². The van der Waals surface area contributed by atoms with Crippen LogP contribution in [0.15, 0.2) is 27.6 Å². The summed E-state index contributed by atoms with van der Waals surface area (Å²) in [7, 11) is 0. The van der Waals surface area contributed by atoms with Crippen LogP contribution in [-0.4, -0.2) is 39.3 Å². The molecule has 0 aromatic heterocycles. The Kier molecular flexibility index (Phi) is 4.53. The number of rotatable bonds is 1. The number of carbonyl (C=O) groups excluding carboxylic acids is 1. The smallest absolute Gasteiger partial charge is 0.408 e. The Labute approximate surface area is 136 Å². The summed E-state index contributed by atoms with van der Waals surface area (Å²) in [5.74, 6) is 0.0852. The highest BCUT2D eigenvalue weighted by atomic mass is 79.9. The number of hydrogen-bond donors (Lipinski definition) is 2. The van der Waals surface area contributed by atoms with E-state index < -0.39 is 17.7 Å². The molecule has 0 radical (unpaired) electrons. The van der Waals surface area contributed by atoms with E-state index in [0.29, 0.717) is 11.4 Å². The summed E-state index contributed by atoms with van der Waals surface area (Å²) in [6.07, 6.45) is -1.09. The second-order valence-corrected chi connectivity index (χ2v) is 7.64. The Bertz CT molecular complexity index is 586. The normalized spacial score (nSPS) is 18.5. The first-order chi connectivity index (χ1) is 9.71. The number of nitrogens with one attached hydrogen (secondary N) is 1. The maximum atomic E-state index is 12.4. The zero-order valence-corrected chi connectivity index (χ0v) is 14.4. The second kappa shape index (κ2) is 5.88. The monoisotopic (exact) mass is 372 g/mol. The van der Waals surface area contributed by atoms with Crippen molar-refractivity contribution in [2.45, 2.75) is 37.2 Å². The van der Waals surface area contributed by atoms with Gasteiger partial charge in [-0.15, -0.1) is 11.8 Å². The summed E-state index contributed by atoms with van der Waals surface area (Å²) in [6, 6.07) is 4.82. The lowest BCUT2D eigenvalue weighted by Gasteiger charge is -2.37. The van der Waals surface area contributed by atoms with Crippen molar-refractivity contribution in [1.82, 2.24) is 4.90 Å². The van der Waals surface area contributed by atoms with Crippen molar-refractivity contribution in [3.05, 3.63) is 22.7 Å². The van der Waals surface area contributed by atoms with Crippen LogP contribution in [-0.2, 0) is 4.79 Å². The van der Waals surface area contributed by atoms with Gasteiger partial charge in [0.15, 0.2) is 0 Å². The molecule has 0 bridgehead atoms. The predicted molar refractivity (Wildman–Crippen MR) is 86.9 cm³/mol. The lowest BCUT2D eigenvalue weighted by Crippen LogP contribution is -2.56. The summed E-state index contributed by atoms with van der Waals surface area (Å²) in [5, 5.41) is 12.3. The lowest BCUT2D eigenvalue weighted by atomic mass is 10.0. The third kappa shape index (κ3) is 3.35. The molecule has 1 aliphatic heterocycles. The zero-order valence-electron chi connectivity index (χ0n) is 12.0. The van der Waals surface area contributed by atoms with E-state index in [2.05, 4.69) is 21.2 Å². The maximum Gasteiger partial charge on any atom is 0.408 e. The number of fused-ring (bicyclic) bond motifs is 1. The number of hydrogen-bond acceptors (Lipinski definition) is 3. The van der Waals surface area contributed by atoms with Crippen LogP contribution < -0.4 is 5.32 Å². The van der Waals surface area contributed by atoms with Crippen molar-refractivity contribution in [2.75, 3.05) is 11.1 Å². The van der Waals surface area contributed by atoms with Crippen LogP contribution in [0.5, 0.6) is 0 Å². The van der Waals surface area contributed by atoms with E-state index in [1.807, 2.05) is 18.2 Å². The highest BCUT2D eigenvalue weighted by Gasteiger charge is 2.39. The molecule has 0 aliphatic carbocycles. The van der Waals surface area contributed by atoms with Gasteiger partial charge in [0.2, 0.25) is 5.91 Å². The molecule has 114 valence electrons. The van der Waals surface area contributed by atoms with E-state index in [1.165, 1.54) is 16.7 Å². The van der Waals surface area contributed by atoms with E-state index in [0.717, 1.165) is 9.37 Å². The molecule has 0 spiro atoms. The molecular weight excluding hydrogens is 356 g/mol. The molecule has 2 N–H and O–H groups in total. The molecule has 0 saturated carbocycles. The summed E-state index contributed by atoms with van der Waals surface area (Å²) in [5.41, 5.74) is 0.0587. The van der Waals surface area contributed by atoms with Crippen LogP contribution >= 0.6 is 27.7 Å². The van der Waals surface area contributed by atoms with Gasteiger partial charge in [0, 0.05) is 20.7 Å². The molecule has 2 amide bonds. The third-order valence-electron chi connectivity index (χ3n) is 3.15. The molecule has 1 aliphatic rings. The van der Waals surface area contributed by atoms with Crippen LogP contribution in [0.25, 0.3) is 0 Å². The minimum atomic E-state index is -1.09.